The van der Waals surface area contributed by atoms with Gasteiger partial charge >= 0.3 is 0 Å². The minimum absolute atomic E-state index is 0.257. The van der Waals surface area contributed by atoms with Crippen molar-refractivity contribution in [1.29, 1.82) is 0 Å². The third kappa shape index (κ3) is 3.17. The zero-order chi connectivity index (χ0) is 12.1. The Hall–Kier alpha value is -1.61. The van der Waals surface area contributed by atoms with Crippen molar-refractivity contribution >= 4 is 0 Å². The van der Waals surface area contributed by atoms with Crippen LogP contribution in [0.3, 0.4) is 0 Å². The van der Waals surface area contributed by atoms with Crippen LogP contribution in [0.5, 0.6) is 0 Å². The molecule has 0 bridgehead atoms. The summed E-state index contributed by atoms with van der Waals surface area (Å²) in [5.41, 5.74) is 2.12. The Morgan fingerprint density at radius 3 is 2.82 bits per heavy atom. The van der Waals surface area contributed by atoms with Gasteiger partial charge in [-0.1, -0.05) is 13.0 Å². The van der Waals surface area contributed by atoms with Crippen LogP contribution < -0.4 is 5.32 Å². The van der Waals surface area contributed by atoms with E-state index in [-0.39, 0.29) is 6.04 Å². The van der Waals surface area contributed by atoms with E-state index in [2.05, 4.69) is 17.2 Å². The molecule has 1 N–H and O–H groups in total. The number of nitrogens with one attached hydrogen (secondary N) is 1. The highest BCUT2D eigenvalue weighted by molar-refractivity contribution is 5.10. The molecular weight excluding hydrogens is 212 g/mol. The summed E-state index contributed by atoms with van der Waals surface area (Å²) in [6.07, 6.45) is 2.71. The summed E-state index contributed by atoms with van der Waals surface area (Å²) in [6.45, 7) is 4.91. The van der Waals surface area contributed by atoms with E-state index in [1.54, 1.807) is 6.26 Å². The summed E-state index contributed by atoms with van der Waals surface area (Å²) < 4.78 is 5.42. The highest BCUT2D eigenvalue weighted by atomic mass is 16.3. The number of pyridine rings is 1. The van der Waals surface area contributed by atoms with Crippen molar-refractivity contribution in [2.75, 3.05) is 0 Å². The highest BCUT2D eigenvalue weighted by Gasteiger charge is 2.11. The molecule has 0 aliphatic heterocycles. The van der Waals surface area contributed by atoms with Crippen LogP contribution in [0.25, 0.3) is 0 Å². The quantitative estimate of drug-likeness (QED) is 0.857. The number of aromatic nitrogens is 1. The average molecular weight is 230 g/mol. The molecule has 2 aromatic rings. The van der Waals surface area contributed by atoms with Crippen LogP contribution in [0.15, 0.2) is 41.0 Å². The summed E-state index contributed by atoms with van der Waals surface area (Å²) in [4.78, 5) is 4.47. The summed E-state index contributed by atoms with van der Waals surface area (Å²) in [5, 5.41) is 3.46. The Bertz CT molecular complexity index is 451. The van der Waals surface area contributed by atoms with Gasteiger partial charge in [0, 0.05) is 12.2 Å². The molecule has 3 nitrogen and oxygen atoms in total. The SMILES string of the molecule is CCC(NCc1cccc(C)n1)c1ccco1. The Morgan fingerprint density at radius 1 is 1.29 bits per heavy atom. The van der Waals surface area contributed by atoms with Crippen LogP contribution >= 0.6 is 0 Å². The van der Waals surface area contributed by atoms with E-state index in [0.29, 0.717) is 0 Å². The Kier molecular flexibility index (Phi) is 3.94. The second kappa shape index (κ2) is 5.64. The molecule has 1 atom stereocenters. The third-order valence-corrected chi connectivity index (χ3v) is 2.77. The van der Waals surface area contributed by atoms with Crippen molar-refractivity contribution in [2.24, 2.45) is 0 Å². The maximum atomic E-state index is 5.42. The van der Waals surface area contributed by atoms with Crippen LogP contribution in [0, 0.1) is 6.92 Å². The molecule has 0 amide bonds. The lowest BCUT2D eigenvalue weighted by atomic mass is 10.1. The van der Waals surface area contributed by atoms with E-state index < -0.39 is 0 Å². The lowest BCUT2D eigenvalue weighted by Crippen LogP contribution is -2.20. The fourth-order valence-corrected chi connectivity index (χ4v) is 1.86. The fraction of sp³-hybridized carbons (Fsp3) is 0.357. The van der Waals surface area contributed by atoms with Crippen molar-refractivity contribution in [2.45, 2.75) is 32.9 Å². The number of furan rings is 1. The van der Waals surface area contributed by atoms with E-state index in [4.69, 9.17) is 4.42 Å². The van der Waals surface area contributed by atoms with Crippen molar-refractivity contribution in [3.05, 3.63) is 53.7 Å². The molecule has 0 aliphatic carbocycles. The van der Waals surface area contributed by atoms with Crippen LogP contribution in [0.2, 0.25) is 0 Å². The van der Waals surface area contributed by atoms with Crippen LogP contribution in [0.1, 0.15) is 36.5 Å². The van der Waals surface area contributed by atoms with Gasteiger partial charge in [-0.15, -0.1) is 0 Å². The summed E-state index contributed by atoms with van der Waals surface area (Å²) in [5.74, 6) is 0.986. The van der Waals surface area contributed by atoms with Gasteiger partial charge in [0.15, 0.2) is 0 Å². The van der Waals surface area contributed by atoms with Gasteiger partial charge in [0.05, 0.1) is 18.0 Å². The zero-order valence-electron chi connectivity index (χ0n) is 10.3. The molecule has 0 aromatic carbocycles. The van der Waals surface area contributed by atoms with Gasteiger partial charge in [0.25, 0.3) is 0 Å². The van der Waals surface area contributed by atoms with Crippen molar-refractivity contribution in [1.82, 2.24) is 10.3 Å². The predicted octanol–water partition coefficient (Wildman–Crippen LogP) is 3.22. The predicted molar refractivity (Wildman–Crippen MR) is 67.6 cm³/mol. The van der Waals surface area contributed by atoms with Crippen molar-refractivity contribution in [3.63, 3.8) is 0 Å². The van der Waals surface area contributed by atoms with E-state index >= 15 is 0 Å². The normalized spacial score (nSPS) is 12.6. The Morgan fingerprint density at radius 2 is 2.18 bits per heavy atom. The first-order chi connectivity index (χ1) is 8.29. The molecule has 2 aromatic heterocycles. The molecule has 17 heavy (non-hydrogen) atoms. The molecule has 2 rings (SSSR count). The van der Waals surface area contributed by atoms with Crippen LogP contribution in [-0.4, -0.2) is 4.98 Å². The number of rotatable bonds is 5. The van der Waals surface area contributed by atoms with Crippen LogP contribution in [0.4, 0.5) is 0 Å². The molecule has 3 heteroatoms. The van der Waals surface area contributed by atoms with Gasteiger partial charge in [0.2, 0.25) is 0 Å². The monoisotopic (exact) mass is 230 g/mol. The van der Waals surface area contributed by atoms with Crippen molar-refractivity contribution < 1.29 is 4.42 Å². The first-order valence-electron chi connectivity index (χ1n) is 5.99. The minimum Gasteiger partial charge on any atom is -0.468 e. The molecule has 90 valence electrons. The number of hydrogen-bond donors (Lipinski definition) is 1. The molecule has 0 spiro atoms. The number of nitrogens with zero attached hydrogens (tertiary/aromatic N) is 1. The first-order valence-corrected chi connectivity index (χ1v) is 5.99. The van der Waals surface area contributed by atoms with Crippen molar-refractivity contribution in [3.8, 4) is 0 Å². The van der Waals surface area contributed by atoms with Gasteiger partial charge in [0.1, 0.15) is 5.76 Å². The Balaban J connectivity index is 1.97. The van der Waals surface area contributed by atoms with Gasteiger partial charge in [-0.25, -0.2) is 0 Å². The highest BCUT2D eigenvalue weighted by Crippen LogP contribution is 2.17. The van der Waals surface area contributed by atoms with E-state index in [9.17, 15) is 0 Å². The van der Waals surface area contributed by atoms with Gasteiger partial charge in [-0.05, 0) is 37.6 Å². The first kappa shape index (κ1) is 11.9. The number of hydrogen-bond acceptors (Lipinski definition) is 3. The Labute approximate surface area is 102 Å². The largest absolute Gasteiger partial charge is 0.468 e. The molecule has 2 heterocycles. The van der Waals surface area contributed by atoms with E-state index in [1.807, 2.05) is 37.3 Å². The van der Waals surface area contributed by atoms with Gasteiger partial charge in [-0.3, -0.25) is 4.98 Å². The molecule has 0 saturated heterocycles. The second-order valence-electron chi connectivity index (χ2n) is 4.13. The molecule has 0 saturated carbocycles. The molecular formula is C14H18N2O. The zero-order valence-corrected chi connectivity index (χ0v) is 10.3. The summed E-state index contributed by atoms with van der Waals surface area (Å²) >= 11 is 0. The van der Waals surface area contributed by atoms with E-state index in [0.717, 1.165) is 30.1 Å². The standard InChI is InChI=1S/C14H18N2O/c1-3-13(14-8-5-9-17-14)15-10-12-7-4-6-11(2)16-12/h4-9,13,15H,3,10H2,1-2H3. The minimum atomic E-state index is 0.257. The number of aryl methyl sites for hydroxylation is 1. The second-order valence-corrected chi connectivity index (χ2v) is 4.13. The van der Waals surface area contributed by atoms with Gasteiger partial charge in [-0.2, -0.15) is 0 Å². The average Bonchev–Trinajstić information content (AvgIpc) is 2.84. The smallest absolute Gasteiger partial charge is 0.120 e. The third-order valence-electron chi connectivity index (χ3n) is 2.77. The maximum Gasteiger partial charge on any atom is 0.120 e. The maximum absolute atomic E-state index is 5.42. The molecule has 0 fully saturated rings. The lowest BCUT2D eigenvalue weighted by molar-refractivity contribution is 0.402. The summed E-state index contributed by atoms with van der Waals surface area (Å²) in [7, 11) is 0. The van der Waals surface area contributed by atoms with E-state index in [1.165, 1.54) is 0 Å². The molecule has 0 radical (unpaired) electrons. The lowest BCUT2D eigenvalue weighted by Gasteiger charge is -2.14. The molecule has 0 aliphatic rings. The van der Waals surface area contributed by atoms with Gasteiger partial charge < -0.3 is 9.73 Å². The molecule has 1 unspecified atom stereocenters. The summed E-state index contributed by atoms with van der Waals surface area (Å²) in [6, 6.07) is 10.3. The fourth-order valence-electron chi connectivity index (χ4n) is 1.86. The topological polar surface area (TPSA) is 38.1 Å². The van der Waals surface area contributed by atoms with Crippen LogP contribution in [-0.2, 0) is 6.54 Å².